The Morgan fingerprint density at radius 3 is 2.79 bits per heavy atom. The molecule has 0 aliphatic rings. The summed E-state index contributed by atoms with van der Waals surface area (Å²) in [5.41, 5.74) is 2.68. The van der Waals surface area contributed by atoms with Gasteiger partial charge in [-0.3, -0.25) is 9.78 Å². The highest BCUT2D eigenvalue weighted by molar-refractivity contribution is 9.10. The Morgan fingerprint density at radius 2 is 2.11 bits per heavy atom. The molecule has 98 valence electrons. The van der Waals surface area contributed by atoms with Crippen molar-refractivity contribution < 1.29 is 4.79 Å². The van der Waals surface area contributed by atoms with Crippen LogP contribution in [0.2, 0.25) is 0 Å². The molecule has 0 fully saturated rings. The maximum atomic E-state index is 12.2. The summed E-state index contributed by atoms with van der Waals surface area (Å²) in [5, 5.41) is 2.97. The lowest BCUT2D eigenvalue weighted by atomic mass is 10.1. The van der Waals surface area contributed by atoms with Gasteiger partial charge in [-0.25, -0.2) is 0 Å². The highest BCUT2D eigenvalue weighted by atomic mass is 79.9. The second-order valence-corrected chi connectivity index (χ2v) is 5.21. The number of aryl methyl sites for hydroxylation is 1. The monoisotopic (exact) mass is 318 g/mol. The van der Waals surface area contributed by atoms with Crippen LogP contribution in [0.1, 0.15) is 34.5 Å². The van der Waals surface area contributed by atoms with E-state index in [0.717, 1.165) is 15.6 Å². The summed E-state index contributed by atoms with van der Waals surface area (Å²) < 4.78 is 0.839. The Labute approximate surface area is 121 Å². The van der Waals surface area contributed by atoms with Crippen molar-refractivity contribution in [2.45, 2.75) is 19.9 Å². The van der Waals surface area contributed by atoms with Crippen LogP contribution in [0.4, 0.5) is 0 Å². The Balaban J connectivity index is 2.16. The van der Waals surface area contributed by atoms with E-state index in [-0.39, 0.29) is 11.9 Å². The third kappa shape index (κ3) is 3.20. The van der Waals surface area contributed by atoms with Gasteiger partial charge in [0.15, 0.2) is 0 Å². The van der Waals surface area contributed by atoms with E-state index >= 15 is 0 Å². The van der Waals surface area contributed by atoms with Crippen molar-refractivity contribution in [3.05, 3.63) is 63.9 Å². The smallest absolute Gasteiger partial charge is 0.252 e. The summed E-state index contributed by atoms with van der Waals surface area (Å²) >= 11 is 3.45. The van der Waals surface area contributed by atoms with Gasteiger partial charge >= 0.3 is 0 Å². The Hall–Kier alpha value is -1.68. The first kappa shape index (κ1) is 13.7. The first-order chi connectivity index (χ1) is 9.09. The molecule has 19 heavy (non-hydrogen) atoms. The molecular weight excluding hydrogens is 304 g/mol. The van der Waals surface area contributed by atoms with Gasteiger partial charge in [0.2, 0.25) is 0 Å². The van der Waals surface area contributed by atoms with E-state index in [0.29, 0.717) is 5.56 Å². The predicted molar refractivity (Wildman–Crippen MR) is 79.0 cm³/mol. The number of halogens is 1. The van der Waals surface area contributed by atoms with Crippen LogP contribution in [0, 0.1) is 6.92 Å². The molecule has 0 aliphatic carbocycles. The first-order valence-electron chi connectivity index (χ1n) is 6.05. The molecule has 0 bridgehead atoms. The van der Waals surface area contributed by atoms with Crippen LogP contribution in [-0.2, 0) is 0 Å². The van der Waals surface area contributed by atoms with Crippen molar-refractivity contribution in [2.24, 2.45) is 0 Å². The van der Waals surface area contributed by atoms with Crippen molar-refractivity contribution in [3.8, 4) is 0 Å². The molecular formula is C15H15BrN2O. The molecule has 3 nitrogen and oxygen atoms in total. The maximum Gasteiger partial charge on any atom is 0.252 e. The SMILES string of the molecule is Cc1cccc(C(=O)NC(C)c2cccnc2)c1Br. The lowest BCUT2D eigenvalue weighted by Gasteiger charge is -2.15. The normalized spacial score (nSPS) is 11.9. The molecule has 0 spiro atoms. The first-order valence-corrected chi connectivity index (χ1v) is 6.85. The molecule has 4 heteroatoms. The molecule has 1 aromatic heterocycles. The van der Waals surface area contributed by atoms with Crippen molar-refractivity contribution in [2.75, 3.05) is 0 Å². The topological polar surface area (TPSA) is 42.0 Å². The highest BCUT2D eigenvalue weighted by Gasteiger charge is 2.14. The molecule has 1 aromatic carbocycles. The minimum atomic E-state index is -0.0908. The van der Waals surface area contributed by atoms with Gasteiger partial charge in [0, 0.05) is 16.9 Å². The second kappa shape index (κ2) is 5.97. The Morgan fingerprint density at radius 1 is 1.32 bits per heavy atom. The quantitative estimate of drug-likeness (QED) is 0.938. The number of rotatable bonds is 3. The number of hydrogen-bond acceptors (Lipinski definition) is 2. The number of carbonyl (C=O) groups excluding carboxylic acids is 1. The summed E-state index contributed by atoms with van der Waals surface area (Å²) in [6, 6.07) is 9.38. The lowest BCUT2D eigenvalue weighted by molar-refractivity contribution is 0.0939. The van der Waals surface area contributed by atoms with E-state index < -0.39 is 0 Å². The maximum absolute atomic E-state index is 12.2. The molecule has 1 unspecified atom stereocenters. The van der Waals surface area contributed by atoms with Gasteiger partial charge in [0.1, 0.15) is 0 Å². The van der Waals surface area contributed by atoms with E-state index in [1.807, 2.05) is 44.2 Å². The molecule has 0 saturated heterocycles. The number of hydrogen-bond donors (Lipinski definition) is 1. The highest BCUT2D eigenvalue weighted by Crippen LogP contribution is 2.22. The third-order valence-corrected chi connectivity index (χ3v) is 4.02. The van der Waals surface area contributed by atoms with E-state index in [1.165, 1.54) is 0 Å². The minimum absolute atomic E-state index is 0.0754. The number of carbonyl (C=O) groups is 1. The fourth-order valence-corrected chi connectivity index (χ4v) is 2.26. The van der Waals surface area contributed by atoms with Gasteiger partial charge in [-0.2, -0.15) is 0 Å². The molecule has 1 atom stereocenters. The van der Waals surface area contributed by atoms with E-state index in [4.69, 9.17) is 0 Å². The predicted octanol–water partition coefficient (Wildman–Crippen LogP) is 3.64. The van der Waals surface area contributed by atoms with Crippen LogP contribution >= 0.6 is 15.9 Å². The Kier molecular flexibility index (Phi) is 4.32. The lowest BCUT2D eigenvalue weighted by Crippen LogP contribution is -2.27. The van der Waals surface area contributed by atoms with E-state index in [2.05, 4.69) is 26.2 Å². The van der Waals surface area contributed by atoms with Gasteiger partial charge in [-0.1, -0.05) is 18.2 Å². The van der Waals surface area contributed by atoms with Gasteiger partial charge in [-0.05, 0) is 53.0 Å². The van der Waals surface area contributed by atoms with Gasteiger partial charge in [0.05, 0.1) is 11.6 Å². The molecule has 0 aliphatic heterocycles. The average Bonchev–Trinajstić information content (AvgIpc) is 2.42. The molecule has 1 amide bonds. The van der Waals surface area contributed by atoms with Crippen LogP contribution in [0.3, 0.4) is 0 Å². The summed E-state index contributed by atoms with van der Waals surface area (Å²) in [5.74, 6) is -0.0908. The van der Waals surface area contributed by atoms with Crippen molar-refractivity contribution in [1.29, 1.82) is 0 Å². The van der Waals surface area contributed by atoms with Gasteiger partial charge < -0.3 is 5.32 Å². The third-order valence-electron chi connectivity index (χ3n) is 2.97. The molecule has 1 heterocycles. The number of amides is 1. The van der Waals surface area contributed by atoms with Gasteiger partial charge in [0.25, 0.3) is 5.91 Å². The summed E-state index contributed by atoms with van der Waals surface area (Å²) in [4.78, 5) is 16.3. The molecule has 1 N–H and O–H groups in total. The summed E-state index contributed by atoms with van der Waals surface area (Å²) in [7, 11) is 0. The molecule has 0 radical (unpaired) electrons. The van der Waals surface area contributed by atoms with Crippen LogP contribution in [-0.4, -0.2) is 10.9 Å². The fourth-order valence-electron chi connectivity index (χ4n) is 1.81. The minimum Gasteiger partial charge on any atom is -0.345 e. The number of aromatic nitrogens is 1. The van der Waals surface area contributed by atoms with Crippen LogP contribution in [0.15, 0.2) is 47.2 Å². The fraction of sp³-hybridized carbons (Fsp3) is 0.200. The summed E-state index contributed by atoms with van der Waals surface area (Å²) in [6.07, 6.45) is 3.48. The van der Waals surface area contributed by atoms with E-state index in [1.54, 1.807) is 12.4 Å². The standard InChI is InChI=1S/C15H15BrN2O/c1-10-5-3-7-13(14(10)16)15(19)18-11(2)12-6-4-8-17-9-12/h3-9,11H,1-2H3,(H,18,19). The zero-order valence-corrected chi connectivity index (χ0v) is 12.4. The largest absolute Gasteiger partial charge is 0.345 e. The zero-order valence-electron chi connectivity index (χ0n) is 10.9. The second-order valence-electron chi connectivity index (χ2n) is 4.42. The number of pyridine rings is 1. The van der Waals surface area contributed by atoms with Crippen molar-refractivity contribution in [1.82, 2.24) is 10.3 Å². The van der Waals surface area contributed by atoms with Crippen LogP contribution in [0.25, 0.3) is 0 Å². The van der Waals surface area contributed by atoms with Crippen LogP contribution in [0.5, 0.6) is 0 Å². The zero-order chi connectivity index (χ0) is 13.8. The molecule has 2 aromatic rings. The number of benzene rings is 1. The van der Waals surface area contributed by atoms with Crippen molar-refractivity contribution >= 4 is 21.8 Å². The molecule has 2 rings (SSSR count). The number of nitrogens with zero attached hydrogens (tertiary/aromatic N) is 1. The molecule has 0 saturated carbocycles. The average molecular weight is 319 g/mol. The number of nitrogens with one attached hydrogen (secondary N) is 1. The van der Waals surface area contributed by atoms with Crippen LogP contribution < -0.4 is 5.32 Å². The Bertz CT molecular complexity index is 584. The van der Waals surface area contributed by atoms with Crippen molar-refractivity contribution in [3.63, 3.8) is 0 Å². The van der Waals surface area contributed by atoms with Gasteiger partial charge in [-0.15, -0.1) is 0 Å². The van der Waals surface area contributed by atoms with E-state index in [9.17, 15) is 4.79 Å². The summed E-state index contributed by atoms with van der Waals surface area (Å²) in [6.45, 7) is 3.91.